The predicted octanol–water partition coefficient (Wildman–Crippen LogP) is 3.07. The molecule has 3 heteroatoms. The van der Waals surface area contributed by atoms with E-state index < -0.39 is 0 Å². The molecule has 17 heavy (non-hydrogen) atoms. The zero-order valence-corrected chi connectivity index (χ0v) is 11.4. The minimum absolute atomic E-state index is 0.907. The molecule has 0 unspecified atom stereocenters. The van der Waals surface area contributed by atoms with Gasteiger partial charge in [-0.3, -0.25) is 0 Å². The highest BCUT2D eigenvalue weighted by Gasteiger charge is 2.03. The molecule has 0 amide bonds. The van der Waals surface area contributed by atoms with Gasteiger partial charge in [0.25, 0.3) is 0 Å². The Hall–Kier alpha value is -1.19. The highest BCUT2D eigenvalue weighted by atomic mass is 32.1. The Morgan fingerprint density at radius 2 is 1.88 bits per heavy atom. The van der Waals surface area contributed by atoms with Crippen molar-refractivity contribution in [3.63, 3.8) is 0 Å². The summed E-state index contributed by atoms with van der Waals surface area (Å²) in [6.07, 6.45) is 2.91. The van der Waals surface area contributed by atoms with Crippen LogP contribution in [0.2, 0.25) is 0 Å². The molecule has 0 aliphatic carbocycles. The second-order valence-corrected chi connectivity index (χ2v) is 5.62. The van der Waals surface area contributed by atoms with Crippen LogP contribution >= 0.6 is 11.3 Å². The van der Waals surface area contributed by atoms with Crippen LogP contribution in [0.15, 0.2) is 24.4 Å². The summed E-state index contributed by atoms with van der Waals surface area (Å²) >= 11 is 1.79. The Labute approximate surface area is 107 Å². The molecule has 0 radical (unpaired) electrons. The zero-order chi connectivity index (χ0) is 12.3. The molecule has 1 N–H and O–H groups in total. The van der Waals surface area contributed by atoms with Crippen LogP contribution in [-0.4, -0.2) is 12.0 Å². The molecule has 0 aliphatic rings. The lowest BCUT2D eigenvalue weighted by molar-refractivity contribution is 0.829. The molecular weight excluding hydrogens is 228 g/mol. The molecule has 0 saturated heterocycles. The number of nitrogens with zero attached hydrogens (tertiary/aromatic N) is 1. The Morgan fingerprint density at radius 1 is 1.18 bits per heavy atom. The normalized spacial score (nSPS) is 10.8. The lowest BCUT2D eigenvalue weighted by Crippen LogP contribution is -2.02. The maximum atomic E-state index is 4.47. The van der Waals surface area contributed by atoms with Crippen LogP contribution < -0.4 is 5.32 Å². The molecular formula is C14H18N2S. The Balaban J connectivity index is 2.13. The van der Waals surface area contributed by atoms with E-state index in [-0.39, 0.29) is 0 Å². The quantitative estimate of drug-likeness (QED) is 0.897. The minimum atomic E-state index is 0.907. The molecule has 0 atom stereocenters. The molecule has 90 valence electrons. The Morgan fingerprint density at radius 3 is 2.53 bits per heavy atom. The lowest BCUT2D eigenvalue weighted by Gasteiger charge is -2.02. The molecule has 0 spiro atoms. The van der Waals surface area contributed by atoms with Gasteiger partial charge in [0, 0.05) is 24.0 Å². The molecule has 1 aromatic carbocycles. The second-order valence-electron chi connectivity index (χ2n) is 4.42. The Kier molecular flexibility index (Phi) is 3.92. The predicted molar refractivity (Wildman–Crippen MR) is 73.6 cm³/mol. The van der Waals surface area contributed by atoms with Crippen molar-refractivity contribution in [1.82, 2.24) is 10.3 Å². The van der Waals surface area contributed by atoms with Crippen molar-refractivity contribution in [2.75, 3.05) is 7.05 Å². The van der Waals surface area contributed by atoms with Gasteiger partial charge < -0.3 is 5.32 Å². The van der Waals surface area contributed by atoms with Gasteiger partial charge in [0.1, 0.15) is 0 Å². The van der Waals surface area contributed by atoms with E-state index in [1.807, 2.05) is 13.2 Å². The van der Waals surface area contributed by atoms with Crippen LogP contribution in [0, 0.1) is 13.8 Å². The van der Waals surface area contributed by atoms with Crippen LogP contribution in [0.25, 0.3) is 0 Å². The molecule has 0 aliphatic heterocycles. The van der Waals surface area contributed by atoms with Gasteiger partial charge in [-0.2, -0.15) is 0 Å². The first-order valence-corrected chi connectivity index (χ1v) is 6.64. The van der Waals surface area contributed by atoms with Gasteiger partial charge in [0.05, 0.1) is 5.01 Å². The van der Waals surface area contributed by atoms with E-state index in [0.29, 0.717) is 0 Å². The molecule has 2 nitrogen and oxygen atoms in total. The van der Waals surface area contributed by atoms with Crippen molar-refractivity contribution in [2.45, 2.75) is 26.8 Å². The Bertz CT molecular complexity index is 482. The van der Waals surface area contributed by atoms with Crippen molar-refractivity contribution < 1.29 is 0 Å². The van der Waals surface area contributed by atoms with E-state index in [2.05, 4.69) is 42.3 Å². The SMILES string of the molecule is CNCc1cnc(Cc2cc(C)cc(C)c2)s1. The van der Waals surface area contributed by atoms with Crippen LogP contribution in [0.5, 0.6) is 0 Å². The highest BCUT2D eigenvalue weighted by molar-refractivity contribution is 7.11. The number of benzene rings is 1. The number of aryl methyl sites for hydroxylation is 2. The maximum absolute atomic E-state index is 4.47. The summed E-state index contributed by atoms with van der Waals surface area (Å²) in [7, 11) is 1.96. The van der Waals surface area contributed by atoms with Gasteiger partial charge in [0.15, 0.2) is 0 Å². The fourth-order valence-electron chi connectivity index (χ4n) is 2.03. The smallest absolute Gasteiger partial charge is 0.0972 e. The molecule has 1 aromatic heterocycles. The van der Waals surface area contributed by atoms with Crippen LogP contribution in [0.1, 0.15) is 26.6 Å². The standard InChI is InChI=1S/C14H18N2S/c1-10-4-11(2)6-12(5-10)7-14-16-9-13(17-14)8-15-3/h4-6,9,15H,7-8H2,1-3H3. The van der Waals surface area contributed by atoms with E-state index in [4.69, 9.17) is 0 Å². The number of aromatic nitrogens is 1. The van der Waals surface area contributed by atoms with E-state index in [1.54, 1.807) is 11.3 Å². The van der Waals surface area contributed by atoms with Gasteiger partial charge in [-0.1, -0.05) is 29.3 Å². The first kappa shape index (κ1) is 12.3. The molecule has 0 bridgehead atoms. The zero-order valence-electron chi connectivity index (χ0n) is 10.6. The summed E-state index contributed by atoms with van der Waals surface area (Å²) < 4.78 is 0. The fraction of sp³-hybridized carbons (Fsp3) is 0.357. The third-order valence-electron chi connectivity index (χ3n) is 2.59. The maximum Gasteiger partial charge on any atom is 0.0972 e. The number of nitrogens with one attached hydrogen (secondary N) is 1. The molecule has 0 fully saturated rings. The summed E-state index contributed by atoms with van der Waals surface area (Å²) in [5.41, 5.74) is 4.01. The van der Waals surface area contributed by atoms with Crippen molar-refractivity contribution in [1.29, 1.82) is 0 Å². The summed E-state index contributed by atoms with van der Waals surface area (Å²) in [5.74, 6) is 0. The van der Waals surface area contributed by atoms with E-state index in [9.17, 15) is 0 Å². The summed E-state index contributed by atoms with van der Waals surface area (Å²) in [5, 5.41) is 4.34. The summed E-state index contributed by atoms with van der Waals surface area (Å²) in [6.45, 7) is 5.19. The van der Waals surface area contributed by atoms with Gasteiger partial charge in [-0.25, -0.2) is 4.98 Å². The fourth-order valence-corrected chi connectivity index (χ4v) is 3.00. The van der Waals surface area contributed by atoms with Crippen LogP contribution in [0.3, 0.4) is 0 Å². The third-order valence-corrected chi connectivity index (χ3v) is 3.59. The summed E-state index contributed by atoms with van der Waals surface area (Å²) in [4.78, 5) is 5.77. The van der Waals surface area contributed by atoms with Gasteiger partial charge in [-0.15, -0.1) is 11.3 Å². The van der Waals surface area contributed by atoms with Crippen LogP contribution in [0.4, 0.5) is 0 Å². The number of rotatable bonds is 4. The third kappa shape index (κ3) is 3.38. The second kappa shape index (κ2) is 5.43. The molecule has 1 heterocycles. The van der Waals surface area contributed by atoms with Crippen molar-refractivity contribution in [2.24, 2.45) is 0 Å². The topological polar surface area (TPSA) is 24.9 Å². The largest absolute Gasteiger partial charge is 0.315 e. The number of hydrogen-bond donors (Lipinski definition) is 1. The summed E-state index contributed by atoms with van der Waals surface area (Å²) in [6, 6.07) is 6.69. The van der Waals surface area contributed by atoms with Crippen molar-refractivity contribution in [3.8, 4) is 0 Å². The van der Waals surface area contributed by atoms with Gasteiger partial charge >= 0.3 is 0 Å². The van der Waals surface area contributed by atoms with Crippen LogP contribution in [-0.2, 0) is 13.0 Å². The van der Waals surface area contributed by atoms with Gasteiger partial charge in [0.2, 0.25) is 0 Å². The highest BCUT2D eigenvalue weighted by Crippen LogP contribution is 2.18. The molecule has 2 rings (SSSR count). The first-order valence-electron chi connectivity index (χ1n) is 5.82. The van der Waals surface area contributed by atoms with Crippen molar-refractivity contribution in [3.05, 3.63) is 51.0 Å². The molecule has 2 aromatic rings. The first-order chi connectivity index (χ1) is 8.17. The average molecular weight is 246 g/mol. The lowest BCUT2D eigenvalue weighted by atomic mass is 10.1. The van der Waals surface area contributed by atoms with E-state index >= 15 is 0 Å². The number of thiazole rings is 1. The number of hydrogen-bond acceptors (Lipinski definition) is 3. The average Bonchev–Trinajstić information content (AvgIpc) is 2.64. The van der Waals surface area contributed by atoms with E-state index in [0.717, 1.165) is 13.0 Å². The minimum Gasteiger partial charge on any atom is -0.315 e. The van der Waals surface area contributed by atoms with Gasteiger partial charge in [-0.05, 0) is 26.5 Å². The molecule has 0 saturated carbocycles. The van der Waals surface area contributed by atoms with E-state index in [1.165, 1.54) is 26.6 Å². The van der Waals surface area contributed by atoms with Crippen molar-refractivity contribution >= 4 is 11.3 Å². The monoisotopic (exact) mass is 246 g/mol.